The van der Waals surface area contributed by atoms with E-state index < -0.39 is 17.8 Å². The van der Waals surface area contributed by atoms with Gasteiger partial charge in [-0.1, -0.05) is 11.8 Å². The Morgan fingerprint density at radius 2 is 2.24 bits per heavy atom. The van der Waals surface area contributed by atoms with Crippen molar-refractivity contribution < 1.29 is 15.0 Å². The third kappa shape index (κ3) is 3.88. The van der Waals surface area contributed by atoms with Gasteiger partial charge in [-0.15, -0.1) is 0 Å². The summed E-state index contributed by atoms with van der Waals surface area (Å²) in [6.45, 7) is 1.38. The number of nitrogen functional groups attached to an aromatic ring is 1. The highest BCUT2D eigenvalue weighted by molar-refractivity contribution is 8.13. The Kier molecular flexibility index (Phi) is 4.73. The number of anilines is 1. The van der Waals surface area contributed by atoms with Gasteiger partial charge in [0.2, 0.25) is 0 Å². The van der Waals surface area contributed by atoms with Gasteiger partial charge in [0.15, 0.2) is 5.12 Å². The Morgan fingerprint density at radius 1 is 1.59 bits per heavy atom. The maximum absolute atomic E-state index is 11.0. The van der Waals surface area contributed by atoms with Crippen molar-refractivity contribution in [3.63, 3.8) is 0 Å². The number of hydrogen-bond donors (Lipinski definition) is 4. The summed E-state index contributed by atoms with van der Waals surface area (Å²) in [5.41, 5.74) is 5.20. The molecule has 0 amide bonds. The zero-order valence-electron chi connectivity index (χ0n) is 9.21. The van der Waals surface area contributed by atoms with Crippen LogP contribution in [0.4, 0.5) is 5.69 Å². The minimum atomic E-state index is -1.19. The summed E-state index contributed by atoms with van der Waals surface area (Å²) < 4.78 is 0. The summed E-state index contributed by atoms with van der Waals surface area (Å²) in [7, 11) is 0. The molecular formula is C10H14N2O4S. The predicted octanol–water partition coefficient (Wildman–Crippen LogP) is -0.369. The van der Waals surface area contributed by atoms with Crippen LogP contribution in [0.3, 0.4) is 0 Å². The summed E-state index contributed by atoms with van der Waals surface area (Å²) in [6.07, 6.45) is -1.01. The summed E-state index contributed by atoms with van der Waals surface area (Å²) in [5.74, 6) is 0.0789. The van der Waals surface area contributed by atoms with Crippen LogP contribution in [-0.4, -0.2) is 32.2 Å². The molecule has 0 aliphatic rings. The molecule has 1 aromatic rings. The van der Waals surface area contributed by atoms with Crippen molar-refractivity contribution in [2.75, 3.05) is 11.5 Å². The number of aromatic amines is 1. The highest BCUT2D eigenvalue weighted by Crippen LogP contribution is 2.19. The normalized spacial score (nSPS) is 14.3. The number of aromatic nitrogens is 1. The molecule has 1 aromatic heterocycles. The maximum Gasteiger partial charge on any atom is 0.271 e. The van der Waals surface area contributed by atoms with Crippen LogP contribution in [0.15, 0.2) is 17.1 Å². The highest BCUT2D eigenvalue weighted by atomic mass is 32.2. The van der Waals surface area contributed by atoms with Gasteiger partial charge in [-0.05, 0) is 6.07 Å². The van der Waals surface area contributed by atoms with Crippen LogP contribution in [0.2, 0.25) is 0 Å². The van der Waals surface area contributed by atoms with E-state index in [4.69, 9.17) is 5.73 Å². The Labute approximate surface area is 102 Å². The molecule has 0 spiro atoms. The Bertz CT molecular complexity index is 460. The molecule has 0 radical (unpaired) electrons. The molecule has 6 nitrogen and oxygen atoms in total. The number of nitrogens with two attached hydrogens (primary N) is 1. The number of aliphatic hydroxyl groups excluding tert-OH is 2. The molecule has 1 rings (SSSR count). The molecule has 0 saturated heterocycles. The summed E-state index contributed by atoms with van der Waals surface area (Å²) in [6, 6.07) is 1.30. The summed E-state index contributed by atoms with van der Waals surface area (Å²) >= 11 is 0.918. The lowest BCUT2D eigenvalue weighted by molar-refractivity contribution is -0.109. The first kappa shape index (κ1) is 13.8. The van der Waals surface area contributed by atoms with Crippen LogP contribution >= 0.6 is 11.8 Å². The molecule has 1 heterocycles. The molecule has 94 valence electrons. The molecule has 0 saturated carbocycles. The fourth-order valence-electron chi connectivity index (χ4n) is 1.21. The van der Waals surface area contributed by atoms with E-state index in [0.29, 0.717) is 5.56 Å². The number of nitrogens with one attached hydrogen (secondary N) is 1. The maximum atomic E-state index is 11.0. The van der Waals surface area contributed by atoms with E-state index in [9.17, 15) is 19.8 Å². The molecule has 5 N–H and O–H groups in total. The summed E-state index contributed by atoms with van der Waals surface area (Å²) in [4.78, 5) is 24.1. The van der Waals surface area contributed by atoms with Crippen molar-refractivity contribution >= 4 is 22.6 Å². The third-order valence-corrected chi connectivity index (χ3v) is 3.03. The molecule has 0 fully saturated rings. The molecule has 2 unspecified atom stereocenters. The van der Waals surface area contributed by atoms with Crippen molar-refractivity contribution in [3.8, 4) is 0 Å². The molecule has 0 aromatic carbocycles. The van der Waals surface area contributed by atoms with Gasteiger partial charge in [0.25, 0.3) is 5.56 Å². The van der Waals surface area contributed by atoms with Gasteiger partial charge in [-0.25, -0.2) is 0 Å². The van der Waals surface area contributed by atoms with Gasteiger partial charge in [0.05, 0.1) is 11.8 Å². The van der Waals surface area contributed by atoms with E-state index in [1.165, 1.54) is 19.2 Å². The molecule has 0 aliphatic heterocycles. The SMILES string of the molecule is CC(=O)SCC(O)C(O)c1c[nH]c(=O)c(N)c1. The second kappa shape index (κ2) is 5.85. The summed E-state index contributed by atoms with van der Waals surface area (Å²) in [5, 5.41) is 19.2. The van der Waals surface area contributed by atoms with Crippen LogP contribution in [0, 0.1) is 0 Å². The molecule has 0 bridgehead atoms. The first-order valence-corrected chi connectivity index (χ1v) is 5.88. The van der Waals surface area contributed by atoms with Crippen molar-refractivity contribution in [3.05, 3.63) is 28.2 Å². The number of H-pyrrole nitrogens is 1. The lowest BCUT2D eigenvalue weighted by Gasteiger charge is -2.17. The first-order chi connectivity index (χ1) is 7.91. The molecule has 7 heteroatoms. The van der Waals surface area contributed by atoms with E-state index in [1.54, 1.807) is 0 Å². The van der Waals surface area contributed by atoms with Gasteiger partial charge >= 0.3 is 0 Å². The lowest BCUT2D eigenvalue weighted by atomic mass is 10.1. The predicted molar refractivity (Wildman–Crippen MR) is 65.6 cm³/mol. The average molecular weight is 258 g/mol. The lowest BCUT2D eigenvalue weighted by Crippen LogP contribution is -2.23. The van der Waals surface area contributed by atoms with Crippen molar-refractivity contribution in [2.24, 2.45) is 0 Å². The van der Waals surface area contributed by atoms with Crippen LogP contribution in [0.5, 0.6) is 0 Å². The van der Waals surface area contributed by atoms with Gasteiger partial charge < -0.3 is 20.9 Å². The standard InChI is InChI=1S/C10H14N2O4S/c1-5(13)17-4-8(14)9(15)6-2-7(11)10(16)12-3-6/h2-3,8-9,14-15H,4,11H2,1H3,(H,12,16). The largest absolute Gasteiger partial charge is 0.394 e. The van der Waals surface area contributed by atoms with E-state index in [1.807, 2.05) is 0 Å². The zero-order chi connectivity index (χ0) is 13.0. The van der Waals surface area contributed by atoms with Crippen molar-refractivity contribution in [1.29, 1.82) is 0 Å². The van der Waals surface area contributed by atoms with Crippen molar-refractivity contribution in [2.45, 2.75) is 19.1 Å². The smallest absolute Gasteiger partial charge is 0.271 e. The van der Waals surface area contributed by atoms with E-state index in [2.05, 4.69) is 4.98 Å². The minimum absolute atomic E-state index is 0.0343. The minimum Gasteiger partial charge on any atom is -0.394 e. The van der Waals surface area contributed by atoms with Crippen LogP contribution in [0.1, 0.15) is 18.6 Å². The Balaban J connectivity index is 2.74. The van der Waals surface area contributed by atoms with E-state index in [-0.39, 0.29) is 16.6 Å². The van der Waals surface area contributed by atoms with Gasteiger partial charge in [0.1, 0.15) is 6.10 Å². The zero-order valence-corrected chi connectivity index (χ0v) is 10.0. The quantitative estimate of drug-likeness (QED) is 0.585. The number of hydrogen-bond acceptors (Lipinski definition) is 6. The molecular weight excluding hydrogens is 244 g/mol. The third-order valence-electron chi connectivity index (χ3n) is 2.12. The molecule has 17 heavy (non-hydrogen) atoms. The second-order valence-electron chi connectivity index (χ2n) is 3.53. The monoisotopic (exact) mass is 258 g/mol. The molecule has 0 aliphatic carbocycles. The van der Waals surface area contributed by atoms with Gasteiger partial charge in [0, 0.05) is 24.4 Å². The fourth-order valence-corrected chi connectivity index (χ4v) is 1.79. The first-order valence-electron chi connectivity index (χ1n) is 4.89. The number of rotatable bonds is 4. The van der Waals surface area contributed by atoms with Gasteiger partial charge in [-0.2, -0.15) is 0 Å². The number of thioether (sulfide) groups is 1. The van der Waals surface area contributed by atoms with Crippen LogP contribution in [0.25, 0.3) is 0 Å². The average Bonchev–Trinajstić information content (AvgIpc) is 2.28. The number of carbonyl (C=O) groups is 1. The fraction of sp³-hybridized carbons (Fsp3) is 0.400. The van der Waals surface area contributed by atoms with E-state index in [0.717, 1.165) is 11.8 Å². The van der Waals surface area contributed by atoms with Crippen LogP contribution in [-0.2, 0) is 4.79 Å². The Hall–Kier alpha value is -1.31. The van der Waals surface area contributed by atoms with Crippen LogP contribution < -0.4 is 11.3 Å². The second-order valence-corrected chi connectivity index (χ2v) is 4.73. The van der Waals surface area contributed by atoms with Crippen molar-refractivity contribution in [1.82, 2.24) is 4.98 Å². The highest BCUT2D eigenvalue weighted by Gasteiger charge is 2.19. The topological polar surface area (TPSA) is 116 Å². The molecule has 2 atom stereocenters. The number of carbonyl (C=O) groups excluding carboxylic acids is 1. The number of aliphatic hydroxyl groups is 2. The Morgan fingerprint density at radius 3 is 2.76 bits per heavy atom. The van der Waals surface area contributed by atoms with E-state index >= 15 is 0 Å². The van der Waals surface area contributed by atoms with Gasteiger partial charge in [-0.3, -0.25) is 9.59 Å². The number of pyridine rings is 1.